The van der Waals surface area contributed by atoms with Crippen LogP contribution in [0.15, 0.2) is 0 Å². The van der Waals surface area contributed by atoms with Crippen LogP contribution in [-0.4, -0.2) is 60.6 Å². The zero-order chi connectivity index (χ0) is 17.7. The first-order valence-corrected chi connectivity index (χ1v) is 9.81. The van der Waals surface area contributed by atoms with E-state index >= 15 is 0 Å². The van der Waals surface area contributed by atoms with E-state index < -0.39 is 0 Å². The van der Waals surface area contributed by atoms with Gasteiger partial charge in [-0.2, -0.15) is 0 Å². The third-order valence-electron chi connectivity index (χ3n) is 6.36. The Labute approximate surface area is 148 Å². The number of fused-ring (bicyclic) bond motifs is 1. The first-order valence-electron chi connectivity index (χ1n) is 9.81. The summed E-state index contributed by atoms with van der Waals surface area (Å²) >= 11 is 0. The molecule has 0 radical (unpaired) electrons. The van der Waals surface area contributed by atoms with E-state index in [0.29, 0.717) is 11.6 Å². The molecule has 4 nitrogen and oxygen atoms in total. The van der Waals surface area contributed by atoms with Crippen molar-refractivity contribution in [3.05, 3.63) is 0 Å². The lowest BCUT2D eigenvalue weighted by Gasteiger charge is -2.43. The van der Waals surface area contributed by atoms with Crippen LogP contribution in [0.5, 0.6) is 0 Å². The summed E-state index contributed by atoms with van der Waals surface area (Å²) in [6, 6.07) is 0.433. The minimum Gasteiger partial charge on any atom is -0.298 e. The van der Waals surface area contributed by atoms with Gasteiger partial charge in [0.05, 0.1) is 12.1 Å². The number of Topliss-reactive ketones (excluding diaryl/α,β-unsaturated/α-hetero) is 2. The molecule has 0 aromatic heterocycles. The Morgan fingerprint density at radius 3 is 1.88 bits per heavy atom. The molecule has 2 saturated heterocycles. The van der Waals surface area contributed by atoms with Gasteiger partial charge in [0, 0.05) is 6.54 Å². The van der Waals surface area contributed by atoms with Gasteiger partial charge in [0.2, 0.25) is 0 Å². The van der Waals surface area contributed by atoms with E-state index in [1.54, 1.807) is 13.8 Å². The van der Waals surface area contributed by atoms with Gasteiger partial charge < -0.3 is 0 Å². The molecule has 0 amide bonds. The highest BCUT2D eigenvalue weighted by Gasteiger charge is 2.36. The second-order valence-corrected chi connectivity index (χ2v) is 8.21. The van der Waals surface area contributed by atoms with E-state index in [2.05, 4.69) is 16.8 Å². The van der Waals surface area contributed by atoms with Crippen molar-refractivity contribution >= 4 is 11.6 Å². The molecule has 2 heterocycles. The van der Waals surface area contributed by atoms with Crippen LogP contribution in [0.1, 0.15) is 65.2 Å². The molecule has 0 aromatic carbocycles. The van der Waals surface area contributed by atoms with Gasteiger partial charge in [-0.25, -0.2) is 0 Å². The van der Waals surface area contributed by atoms with Crippen molar-refractivity contribution in [1.29, 1.82) is 0 Å². The lowest BCUT2D eigenvalue weighted by atomic mass is 9.72. The molecule has 2 aliphatic heterocycles. The average Bonchev–Trinajstić information content (AvgIpc) is 2.54. The largest absolute Gasteiger partial charge is 0.298 e. The predicted molar refractivity (Wildman–Crippen MR) is 98.1 cm³/mol. The maximum Gasteiger partial charge on any atom is 0.146 e. The van der Waals surface area contributed by atoms with Gasteiger partial charge in [-0.05, 0) is 72.0 Å². The zero-order valence-electron chi connectivity index (χ0n) is 16.1. The Morgan fingerprint density at radius 2 is 1.33 bits per heavy atom. The van der Waals surface area contributed by atoms with Crippen molar-refractivity contribution in [2.45, 2.75) is 77.3 Å². The van der Waals surface area contributed by atoms with Gasteiger partial charge in [-0.3, -0.25) is 19.4 Å². The molecule has 1 saturated carbocycles. The van der Waals surface area contributed by atoms with Crippen molar-refractivity contribution in [2.75, 3.05) is 27.2 Å². The number of carbonyl (C=O) groups is 2. The highest BCUT2D eigenvalue weighted by molar-refractivity contribution is 5.81. The number of hydrogen-bond acceptors (Lipinski definition) is 4. The fourth-order valence-electron chi connectivity index (χ4n) is 4.86. The summed E-state index contributed by atoms with van der Waals surface area (Å²) in [7, 11) is 4.14. The first-order chi connectivity index (χ1) is 11.4. The quantitative estimate of drug-likeness (QED) is 0.777. The van der Waals surface area contributed by atoms with E-state index in [-0.39, 0.29) is 12.1 Å². The summed E-state index contributed by atoms with van der Waals surface area (Å²) in [4.78, 5) is 26.8. The summed E-state index contributed by atoms with van der Waals surface area (Å²) in [5.41, 5.74) is 0. The summed E-state index contributed by atoms with van der Waals surface area (Å²) in [6.45, 7) is 5.66. The van der Waals surface area contributed by atoms with Gasteiger partial charge >= 0.3 is 0 Å². The second kappa shape index (κ2) is 9.10. The molecular formula is C20H36N2O2. The van der Waals surface area contributed by atoms with E-state index in [1.807, 2.05) is 7.05 Å². The number of ketones is 2. The van der Waals surface area contributed by atoms with Crippen LogP contribution in [0.4, 0.5) is 0 Å². The van der Waals surface area contributed by atoms with Crippen molar-refractivity contribution in [1.82, 2.24) is 9.80 Å². The summed E-state index contributed by atoms with van der Waals surface area (Å²) in [5, 5.41) is 0. The number of carbonyl (C=O) groups excluding carboxylic acids is 2. The molecule has 4 heteroatoms. The van der Waals surface area contributed by atoms with Crippen molar-refractivity contribution in [3.8, 4) is 0 Å². The Balaban J connectivity index is 0.000000185. The summed E-state index contributed by atoms with van der Waals surface area (Å²) in [5.74, 6) is 2.40. The van der Waals surface area contributed by atoms with Gasteiger partial charge in [0.25, 0.3) is 0 Å². The van der Waals surface area contributed by atoms with E-state index in [4.69, 9.17) is 0 Å². The second-order valence-electron chi connectivity index (χ2n) is 8.21. The smallest absolute Gasteiger partial charge is 0.146 e. The molecule has 3 aliphatic rings. The highest BCUT2D eigenvalue weighted by atomic mass is 16.1. The topological polar surface area (TPSA) is 40.6 Å². The van der Waals surface area contributed by atoms with Crippen LogP contribution in [0.3, 0.4) is 0 Å². The van der Waals surface area contributed by atoms with Crippen LogP contribution in [-0.2, 0) is 9.59 Å². The normalized spacial score (nSPS) is 34.7. The monoisotopic (exact) mass is 336 g/mol. The number of nitrogens with zero attached hydrogens (tertiary/aromatic N) is 2. The van der Waals surface area contributed by atoms with Crippen molar-refractivity contribution < 1.29 is 9.59 Å². The van der Waals surface area contributed by atoms with Crippen LogP contribution in [0.25, 0.3) is 0 Å². The molecule has 3 rings (SSSR count). The third kappa shape index (κ3) is 5.13. The maximum atomic E-state index is 11.4. The fraction of sp³-hybridized carbons (Fsp3) is 0.900. The molecule has 4 unspecified atom stereocenters. The Morgan fingerprint density at radius 1 is 0.750 bits per heavy atom. The van der Waals surface area contributed by atoms with Crippen molar-refractivity contribution in [2.24, 2.45) is 11.8 Å². The molecule has 0 aromatic rings. The molecule has 4 atom stereocenters. The number of likely N-dealkylation sites (N-methyl/N-ethyl adjacent to an activating group) is 2. The lowest BCUT2D eigenvalue weighted by molar-refractivity contribution is -0.125. The van der Waals surface area contributed by atoms with E-state index in [1.165, 1.54) is 38.5 Å². The third-order valence-corrected chi connectivity index (χ3v) is 6.36. The van der Waals surface area contributed by atoms with Gasteiger partial charge in [-0.1, -0.05) is 25.7 Å². The van der Waals surface area contributed by atoms with Crippen molar-refractivity contribution in [3.63, 3.8) is 0 Å². The molecule has 3 fully saturated rings. The van der Waals surface area contributed by atoms with Gasteiger partial charge in [0.15, 0.2) is 0 Å². The molecule has 0 bridgehead atoms. The molecule has 0 N–H and O–H groups in total. The van der Waals surface area contributed by atoms with Gasteiger partial charge in [-0.15, -0.1) is 0 Å². The zero-order valence-corrected chi connectivity index (χ0v) is 16.1. The number of piperidine rings is 2. The minimum absolute atomic E-state index is 0.216. The maximum absolute atomic E-state index is 11.4. The molecule has 1 aliphatic carbocycles. The summed E-state index contributed by atoms with van der Waals surface area (Å²) in [6.07, 6.45) is 10.2. The number of hydrogen-bond donors (Lipinski definition) is 0. The molecule has 0 spiro atoms. The Kier molecular flexibility index (Phi) is 7.42. The molecule has 138 valence electrons. The summed E-state index contributed by atoms with van der Waals surface area (Å²) < 4.78 is 0. The Bertz CT molecular complexity index is 437. The molecule has 24 heavy (non-hydrogen) atoms. The van der Waals surface area contributed by atoms with E-state index in [0.717, 1.165) is 37.8 Å². The van der Waals surface area contributed by atoms with Crippen LogP contribution < -0.4 is 0 Å². The van der Waals surface area contributed by atoms with Crippen LogP contribution >= 0.6 is 0 Å². The average molecular weight is 337 g/mol. The molecular weight excluding hydrogens is 300 g/mol. The number of likely N-dealkylation sites (tertiary alicyclic amines) is 2. The SMILES string of the molecule is CC(=O)C1CC2CCCCC2CN1C.CC(=O)C1CCCCN1C. The predicted octanol–water partition coefficient (Wildman–Crippen LogP) is 3.15. The minimum atomic E-state index is 0.216. The fourth-order valence-corrected chi connectivity index (χ4v) is 4.86. The highest BCUT2D eigenvalue weighted by Crippen LogP contribution is 2.38. The number of rotatable bonds is 2. The first kappa shape index (κ1) is 19.6. The van der Waals surface area contributed by atoms with Crippen LogP contribution in [0.2, 0.25) is 0 Å². The van der Waals surface area contributed by atoms with Crippen LogP contribution in [0, 0.1) is 11.8 Å². The Hall–Kier alpha value is -0.740. The van der Waals surface area contributed by atoms with Gasteiger partial charge in [0.1, 0.15) is 11.6 Å². The standard InChI is InChI=1S/C12H21NO.C8H15NO/c1-9(14)12-7-10-5-3-4-6-11(10)8-13(12)2;1-7(10)8-5-3-4-6-9(8)2/h10-12H,3-8H2,1-2H3;8H,3-6H2,1-2H3. The lowest BCUT2D eigenvalue weighted by Crippen LogP contribution is -2.49. The van der Waals surface area contributed by atoms with E-state index in [9.17, 15) is 9.59 Å².